The van der Waals surface area contributed by atoms with Crippen LogP contribution in [0.2, 0.25) is 0 Å². The second kappa shape index (κ2) is 7.49. The number of aromatic nitrogens is 1. The summed E-state index contributed by atoms with van der Waals surface area (Å²) in [5.74, 6) is 3.01. The van der Waals surface area contributed by atoms with Crippen molar-refractivity contribution >= 4 is 27.5 Å². The van der Waals surface area contributed by atoms with Crippen molar-refractivity contribution < 1.29 is 4.42 Å². The average Bonchev–Trinajstić information content (AvgIpc) is 3.21. The van der Waals surface area contributed by atoms with Gasteiger partial charge in [0.1, 0.15) is 5.76 Å². The van der Waals surface area contributed by atoms with Crippen LogP contribution in [-0.4, -0.2) is 24.5 Å². The highest BCUT2D eigenvalue weighted by Gasteiger charge is 2.10. The third-order valence-corrected chi connectivity index (χ3v) is 4.55. The van der Waals surface area contributed by atoms with Gasteiger partial charge in [0.05, 0.1) is 16.8 Å². The van der Waals surface area contributed by atoms with Crippen LogP contribution >= 0.6 is 11.3 Å². The summed E-state index contributed by atoms with van der Waals surface area (Å²) in [5, 5.41) is 7.45. The molecule has 3 aromatic rings. The maximum absolute atomic E-state index is 5.92. The van der Waals surface area contributed by atoms with E-state index in [-0.39, 0.29) is 0 Å². The zero-order valence-electron chi connectivity index (χ0n) is 14.2. The molecular weight excluding hydrogens is 320 g/mol. The number of thiazole rings is 1. The Balaban J connectivity index is 1.65. The molecule has 0 aliphatic heterocycles. The molecule has 0 fully saturated rings. The van der Waals surface area contributed by atoms with Gasteiger partial charge in [-0.1, -0.05) is 26.0 Å². The van der Waals surface area contributed by atoms with Crippen LogP contribution in [-0.2, 0) is 6.54 Å². The first-order valence-corrected chi connectivity index (χ1v) is 8.86. The summed E-state index contributed by atoms with van der Waals surface area (Å²) >= 11 is 1.64. The summed E-state index contributed by atoms with van der Waals surface area (Å²) in [6.45, 7) is 5.80. The molecule has 5 nitrogen and oxygen atoms in total. The maximum Gasteiger partial charge on any atom is 0.191 e. The molecule has 0 unspecified atom stereocenters. The molecule has 0 aliphatic carbocycles. The number of hydrogen-bond donors (Lipinski definition) is 2. The number of benzene rings is 1. The Morgan fingerprint density at radius 2 is 2.04 bits per heavy atom. The van der Waals surface area contributed by atoms with Crippen molar-refractivity contribution in [2.45, 2.75) is 20.4 Å². The number of aliphatic imine (C=N–C) groups is 1. The van der Waals surface area contributed by atoms with Crippen molar-refractivity contribution in [2.24, 2.45) is 10.9 Å². The van der Waals surface area contributed by atoms with Crippen LogP contribution < -0.4 is 10.6 Å². The number of rotatable bonds is 5. The number of para-hydroxylation sites is 1. The van der Waals surface area contributed by atoms with E-state index in [1.54, 1.807) is 18.4 Å². The Morgan fingerprint density at radius 3 is 2.79 bits per heavy atom. The van der Waals surface area contributed by atoms with Gasteiger partial charge in [-0.2, -0.15) is 0 Å². The zero-order valence-corrected chi connectivity index (χ0v) is 15.0. The highest BCUT2D eigenvalue weighted by atomic mass is 32.1. The second-order valence-electron chi connectivity index (χ2n) is 5.95. The quantitative estimate of drug-likeness (QED) is 0.546. The van der Waals surface area contributed by atoms with Crippen LogP contribution in [0.3, 0.4) is 0 Å². The van der Waals surface area contributed by atoms with Crippen molar-refractivity contribution in [1.29, 1.82) is 0 Å². The first-order chi connectivity index (χ1) is 11.7. The Morgan fingerprint density at radius 1 is 1.21 bits per heavy atom. The lowest BCUT2D eigenvalue weighted by atomic mass is 10.2. The Hall–Kier alpha value is -2.34. The van der Waals surface area contributed by atoms with Gasteiger partial charge in [-0.3, -0.25) is 4.99 Å². The highest BCUT2D eigenvalue weighted by molar-refractivity contribution is 7.21. The van der Waals surface area contributed by atoms with Crippen molar-refractivity contribution in [3.05, 3.63) is 42.2 Å². The summed E-state index contributed by atoms with van der Waals surface area (Å²) in [7, 11) is 1.77. The minimum Gasteiger partial charge on any atom is -0.457 e. The Labute approximate surface area is 145 Å². The van der Waals surface area contributed by atoms with E-state index in [9.17, 15) is 0 Å². The first-order valence-electron chi connectivity index (χ1n) is 8.05. The number of nitrogens with zero attached hydrogens (tertiary/aromatic N) is 2. The van der Waals surface area contributed by atoms with Gasteiger partial charge in [0.15, 0.2) is 16.7 Å². The van der Waals surface area contributed by atoms with Gasteiger partial charge in [-0.15, -0.1) is 11.3 Å². The van der Waals surface area contributed by atoms with Gasteiger partial charge in [0.2, 0.25) is 0 Å². The number of guanidine groups is 1. The number of furan rings is 1. The molecule has 126 valence electrons. The first kappa shape index (κ1) is 16.5. The minimum absolute atomic E-state index is 0.567. The fraction of sp³-hybridized carbons (Fsp3) is 0.333. The molecule has 3 rings (SSSR count). The van der Waals surface area contributed by atoms with Crippen LogP contribution in [0, 0.1) is 5.92 Å². The average molecular weight is 342 g/mol. The van der Waals surface area contributed by atoms with E-state index in [4.69, 9.17) is 4.42 Å². The van der Waals surface area contributed by atoms with Gasteiger partial charge in [-0.25, -0.2) is 4.98 Å². The van der Waals surface area contributed by atoms with E-state index in [2.05, 4.69) is 40.5 Å². The van der Waals surface area contributed by atoms with Crippen molar-refractivity contribution in [3.8, 4) is 10.8 Å². The largest absolute Gasteiger partial charge is 0.457 e. The van der Waals surface area contributed by atoms with Crippen LogP contribution in [0.5, 0.6) is 0 Å². The van der Waals surface area contributed by atoms with E-state index in [0.29, 0.717) is 12.5 Å². The molecule has 0 saturated heterocycles. The van der Waals surface area contributed by atoms with E-state index in [1.807, 2.05) is 30.3 Å². The van der Waals surface area contributed by atoms with Crippen LogP contribution in [0.25, 0.3) is 21.0 Å². The van der Waals surface area contributed by atoms with E-state index in [1.165, 1.54) is 4.70 Å². The molecule has 2 heterocycles. The highest BCUT2D eigenvalue weighted by Crippen LogP contribution is 2.30. The lowest BCUT2D eigenvalue weighted by molar-refractivity contribution is 0.512. The van der Waals surface area contributed by atoms with Crippen molar-refractivity contribution in [3.63, 3.8) is 0 Å². The topological polar surface area (TPSA) is 62.5 Å². The summed E-state index contributed by atoms with van der Waals surface area (Å²) in [6, 6.07) is 12.1. The van der Waals surface area contributed by atoms with Gasteiger partial charge >= 0.3 is 0 Å². The minimum atomic E-state index is 0.567. The smallest absolute Gasteiger partial charge is 0.191 e. The molecule has 2 N–H and O–H groups in total. The fourth-order valence-corrected chi connectivity index (χ4v) is 3.19. The molecule has 2 aromatic heterocycles. The molecule has 6 heteroatoms. The lowest BCUT2D eigenvalue weighted by Crippen LogP contribution is -2.38. The number of fused-ring (bicyclic) bond motifs is 1. The van der Waals surface area contributed by atoms with Crippen LogP contribution in [0.15, 0.2) is 45.8 Å². The number of nitrogens with one attached hydrogen (secondary N) is 2. The molecule has 1 aromatic carbocycles. The van der Waals surface area contributed by atoms with Crippen LogP contribution in [0.1, 0.15) is 19.6 Å². The third kappa shape index (κ3) is 3.94. The van der Waals surface area contributed by atoms with Gasteiger partial charge in [0.25, 0.3) is 0 Å². The van der Waals surface area contributed by atoms with E-state index >= 15 is 0 Å². The lowest BCUT2D eigenvalue weighted by Gasteiger charge is -2.12. The number of hydrogen-bond acceptors (Lipinski definition) is 4. The van der Waals surface area contributed by atoms with Gasteiger partial charge in [-0.05, 0) is 30.2 Å². The Kier molecular flexibility index (Phi) is 5.15. The molecule has 0 saturated carbocycles. The fourth-order valence-electron chi connectivity index (χ4n) is 2.26. The van der Waals surface area contributed by atoms with E-state index in [0.717, 1.165) is 34.5 Å². The summed E-state index contributed by atoms with van der Waals surface area (Å²) < 4.78 is 7.09. The summed E-state index contributed by atoms with van der Waals surface area (Å²) in [4.78, 5) is 8.84. The molecule has 0 radical (unpaired) electrons. The summed E-state index contributed by atoms with van der Waals surface area (Å²) in [6.07, 6.45) is 0. The van der Waals surface area contributed by atoms with E-state index < -0.39 is 0 Å². The van der Waals surface area contributed by atoms with Crippen molar-refractivity contribution in [2.75, 3.05) is 13.6 Å². The monoisotopic (exact) mass is 342 g/mol. The van der Waals surface area contributed by atoms with Gasteiger partial charge < -0.3 is 15.1 Å². The standard InChI is InChI=1S/C18H22N4OS/c1-12(2)10-20-18(19-3)21-11-13-8-9-15(23-13)17-22-14-6-4-5-7-16(14)24-17/h4-9,12H,10-11H2,1-3H3,(H2,19,20,21). The molecule has 24 heavy (non-hydrogen) atoms. The predicted octanol–water partition coefficient (Wildman–Crippen LogP) is 3.88. The predicted molar refractivity (Wildman–Crippen MR) is 100 cm³/mol. The SMILES string of the molecule is CN=C(NCc1ccc(-c2nc3ccccc3s2)o1)NCC(C)C. The molecular formula is C18H22N4OS. The zero-order chi connectivity index (χ0) is 16.9. The van der Waals surface area contributed by atoms with Gasteiger partial charge in [0, 0.05) is 13.6 Å². The molecule has 0 aliphatic rings. The normalized spacial score (nSPS) is 12.1. The van der Waals surface area contributed by atoms with Crippen LogP contribution in [0.4, 0.5) is 0 Å². The molecule has 0 amide bonds. The third-order valence-electron chi connectivity index (χ3n) is 3.50. The molecule has 0 atom stereocenters. The van der Waals surface area contributed by atoms with Crippen molar-refractivity contribution in [1.82, 2.24) is 15.6 Å². The maximum atomic E-state index is 5.92. The Bertz CT molecular complexity index is 801. The molecule has 0 bridgehead atoms. The molecule has 0 spiro atoms. The summed E-state index contributed by atoms with van der Waals surface area (Å²) in [5.41, 5.74) is 1.01. The second-order valence-corrected chi connectivity index (χ2v) is 6.98.